The fraction of sp³-hybridized carbons (Fsp3) is 0.167. The molecule has 0 heterocycles. The predicted octanol–water partition coefficient (Wildman–Crippen LogP) is 1.18. The molecular formula is C6H6O3. The van der Waals surface area contributed by atoms with Gasteiger partial charge in [-0.25, -0.2) is 4.79 Å². The molecule has 0 atom stereocenters. The zero-order valence-corrected chi connectivity index (χ0v) is 4.65. The lowest BCUT2D eigenvalue weighted by Crippen LogP contribution is -2.09. The van der Waals surface area contributed by atoms with E-state index in [0.29, 0.717) is 0 Å². The predicted molar refractivity (Wildman–Crippen MR) is 31.2 cm³/mol. The van der Waals surface area contributed by atoms with Crippen LogP contribution >= 0.6 is 0 Å². The van der Waals surface area contributed by atoms with E-state index in [-0.39, 0.29) is 6.10 Å². The number of hydrogen-bond donors (Lipinski definition) is 1. The quantitative estimate of drug-likeness (QED) is 0.536. The minimum Gasteiger partial charge on any atom is -0.450 e. The van der Waals surface area contributed by atoms with Crippen LogP contribution in [0.3, 0.4) is 0 Å². The van der Waals surface area contributed by atoms with Crippen LogP contribution in [0.5, 0.6) is 0 Å². The van der Waals surface area contributed by atoms with Gasteiger partial charge in [0.25, 0.3) is 0 Å². The average Bonchev–Trinajstić information content (AvgIpc) is 2.15. The Kier molecular flexibility index (Phi) is 1.53. The van der Waals surface area contributed by atoms with Crippen molar-refractivity contribution in [2.75, 3.05) is 0 Å². The monoisotopic (exact) mass is 126 g/mol. The molecule has 0 amide bonds. The number of carboxylic acid groups (broad SMARTS) is 1. The minimum atomic E-state index is -1.24. The van der Waals surface area contributed by atoms with Gasteiger partial charge in [-0.05, 0) is 12.2 Å². The average molecular weight is 126 g/mol. The summed E-state index contributed by atoms with van der Waals surface area (Å²) in [5.41, 5.74) is 0. The first-order valence-corrected chi connectivity index (χ1v) is 2.53. The summed E-state index contributed by atoms with van der Waals surface area (Å²) in [5.74, 6) is 0. The zero-order chi connectivity index (χ0) is 6.69. The molecule has 1 rings (SSSR count). The van der Waals surface area contributed by atoms with Gasteiger partial charge in [0.1, 0.15) is 6.10 Å². The molecule has 1 N–H and O–H groups in total. The van der Waals surface area contributed by atoms with Gasteiger partial charge >= 0.3 is 6.16 Å². The van der Waals surface area contributed by atoms with Gasteiger partial charge in [0.05, 0.1) is 0 Å². The van der Waals surface area contributed by atoms with Gasteiger partial charge in [-0.3, -0.25) is 0 Å². The molecule has 0 bridgehead atoms. The Labute approximate surface area is 52.2 Å². The third kappa shape index (κ3) is 1.60. The van der Waals surface area contributed by atoms with Crippen LogP contribution in [-0.4, -0.2) is 17.4 Å². The molecule has 0 saturated heterocycles. The van der Waals surface area contributed by atoms with Crippen LogP contribution in [0, 0.1) is 0 Å². The molecule has 48 valence electrons. The van der Waals surface area contributed by atoms with Gasteiger partial charge in [-0.1, -0.05) is 12.2 Å². The molecule has 0 aliphatic heterocycles. The second kappa shape index (κ2) is 2.35. The second-order valence-electron chi connectivity index (χ2n) is 1.62. The van der Waals surface area contributed by atoms with Gasteiger partial charge < -0.3 is 9.84 Å². The van der Waals surface area contributed by atoms with E-state index in [0.717, 1.165) is 0 Å². The molecule has 0 radical (unpaired) electrons. The van der Waals surface area contributed by atoms with Crippen molar-refractivity contribution in [3.05, 3.63) is 24.3 Å². The maximum atomic E-state index is 9.87. The van der Waals surface area contributed by atoms with Crippen LogP contribution < -0.4 is 0 Å². The van der Waals surface area contributed by atoms with E-state index in [1.807, 2.05) is 0 Å². The van der Waals surface area contributed by atoms with E-state index >= 15 is 0 Å². The summed E-state index contributed by atoms with van der Waals surface area (Å²) in [5, 5.41) is 8.08. The van der Waals surface area contributed by atoms with Crippen LogP contribution in [0.4, 0.5) is 4.79 Å². The summed E-state index contributed by atoms with van der Waals surface area (Å²) in [6.07, 6.45) is 5.20. The summed E-state index contributed by atoms with van der Waals surface area (Å²) in [7, 11) is 0. The Hall–Kier alpha value is -1.25. The van der Waals surface area contributed by atoms with Gasteiger partial charge in [-0.15, -0.1) is 0 Å². The lowest BCUT2D eigenvalue weighted by Gasteiger charge is -2.01. The summed E-state index contributed by atoms with van der Waals surface area (Å²) >= 11 is 0. The molecule has 0 unspecified atom stereocenters. The van der Waals surface area contributed by atoms with E-state index in [4.69, 9.17) is 5.11 Å². The highest BCUT2D eigenvalue weighted by molar-refractivity contribution is 5.57. The van der Waals surface area contributed by atoms with Crippen LogP contribution in [0.1, 0.15) is 0 Å². The van der Waals surface area contributed by atoms with Crippen LogP contribution in [0.2, 0.25) is 0 Å². The molecule has 0 saturated carbocycles. The highest BCUT2D eigenvalue weighted by Crippen LogP contribution is 2.03. The summed E-state index contributed by atoms with van der Waals surface area (Å²) in [4.78, 5) is 9.87. The van der Waals surface area contributed by atoms with Crippen molar-refractivity contribution in [1.82, 2.24) is 0 Å². The van der Waals surface area contributed by atoms with Crippen molar-refractivity contribution in [1.29, 1.82) is 0 Å². The third-order valence-corrected chi connectivity index (χ3v) is 0.950. The van der Waals surface area contributed by atoms with Crippen molar-refractivity contribution in [2.45, 2.75) is 6.10 Å². The fourth-order valence-electron chi connectivity index (χ4n) is 0.606. The first-order chi connectivity index (χ1) is 4.29. The number of carbonyl (C=O) groups is 1. The summed E-state index contributed by atoms with van der Waals surface area (Å²) in [6, 6.07) is 0. The standard InChI is InChI=1S/C6H6O3/c7-6(8)9-5-3-1-2-4-5/h1-5H,(H,7,8). The molecule has 0 spiro atoms. The minimum absolute atomic E-state index is 0.373. The lowest BCUT2D eigenvalue weighted by molar-refractivity contribution is 0.0838. The third-order valence-electron chi connectivity index (χ3n) is 0.950. The van der Waals surface area contributed by atoms with E-state index in [1.54, 1.807) is 24.3 Å². The maximum Gasteiger partial charge on any atom is 0.506 e. The maximum absolute atomic E-state index is 9.87. The number of hydrogen-bond acceptors (Lipinski definition) is 2. The first kappa shape index (κ1) is 5.88. The highest BCUT2D eigenvalue weighted by atomic mass is 16.7. The molecule has 0 aromatic carbocycles. The first-order valence-electron chi connectivity index (χ1n) is 2.53. The van der Waals surface area contributed by atoms with Gasteiger partial charge in [0.2, 0.25) is 0 Å². The van der Waals surface area contributed by atoms with Crippen molar-refractivity contribution >= 4 is 6.16 Å². The molecule has 3 heteroatoms. The van der Waals surface area contributed by atoms with Crippen LogP contribution in [0.25, 0.3) is 0 Å². The van der Waals surface area contributed by atoms with Crippen molar-refractivity contribution < 1.29 is 14.6 Å². The Morgan fingerprint density at radius 2 is 2.00 bits per heavy atom. The topological polar surface area (TPSA) is 46.5 Å². The Balaban J connectivity index is 2.37. The molecule has 0 fully saturated rings. The summed E-state index contributed by atoms with van der Waals surface area (Å²) < 4.78 is 4.35. The van der Waals surface area contributed by atoms with Crippen molar-refractivity contribution in [3.8, 4) is 0 Å². The molecular weight excluding hydrogens is 120 g/mol. The Morgan fingerprint density at radius 1 is 1.44 bits per heavy atom. The van der Waals surface area contributed by atoms with E-state index in [2.05, 4.69) is 4.74 Å². The fourth-order valence-corrected chi connectivity index (χ4v) is 0.606. The van der Waals surface area contributed by atoms with Gasteiger partial charge in [0.15, 0.2) is 0 Å². The SMILES string of the molecule is O=C(O)OC1C=CC=C1. The lowest BCUT2D eigenvalue weighted by atomic mass is 10.4. The van der Waals surface area contributed by atoms with E-state index < -0.39 is 6.16 Å². The molecule has 0 aromatic rings. The van der Waals surface area contributed by atoms with E-state index in [1.165, 1.54) is 0 Å². The smallest absolute Gasteiger partial charge is 0.450 e. The second-order valence-corrected chi connectivity index (χ2v) is 1.62. The largest absolute Gasteiger partial charge is 0.506 e. The molecule has 1 aliphatic rings. The highest BCUT2D eigenvalue weighted by Gasteiger charge is 2.06. The van der Waals surface area contributed by atoms with Gasteiger partial charge in [-0.2, -0.15) is 0 Å². The van der Waals surface area contributed by atoms with Crippen LogP contribution in [0.15, 0.2) is 24.3 Å². The molecule has 1 aliphatic carbocycles. The summed E-state index contributed by atoms with van der Waals surface area (Å²) in [6.45, 7) is 0. The number of rotatable bonds is 1. The van der Waals surface area contributed by atoms with E-state index in [9.17, 15) is 4.79 Å². The number of allylic oxidation sites excluding steroid dienone is 2. The van der Waals surface area contributed by atoms with Crippen molar-refractivity contribution in [2.24, 2.45) is 0 Å². The van der Waals surface area contributed by atoms with Crippen LogP contribution in [-0.2, 0) is 4.74 Å². The Bertz CT molecular complexity index is 157. The normalized spacial score (nSPS) is 16.4. The number of ether oxygens (including phenoxy) is 1. The van der Waals surface area contributed by atoms with Gasteiger partial charge in [0, 0.05) is 0 Å². The zero-order valence-electron chi connectivity index (χ0n) is 4.65. The van der Waals surface area contributed by atoms with Crippen molar-refractivity contribution in [3.63, 3.8) is 0 Å². The molecule has 3 nitrogen and oxygen atoms in total. The molecule has 9 heavy (non-hydrogen) atoms. The Morgan fingerprint density at radius 3 is 2.44 bits per heavy atom. The molecule has 0 aromatic heterocycles.